The van der Waals surface area contributed by atoms with Crippen LogP contribution >= 0.6 is 11.3 Å². The highest BCUT2D eigenvalue weighted by Gasteiger charge is 2.19. The van der Waals surface area contributed by atoms with Gasteiger partial charge in [-0.05, 0) is 54.1 Å². The van der Waals surface area contributed by atoms with Crippen LogP contribution in [0.3, 0.4) is 0 Å². The van der Waals surface area contributed by atoms with Gasteiger partial charge in [0.05, 0.1) is 17.6 Å². The number of benzene rings is 3. The molecule has 150 valence electrons. The topological polar surface area (TPSA) is 55.4 Å². The first-order valence-electron chi connectivity index (χ1n) is 9.61. The molecule has 4 aromatic rings. The molecular formula is C25H21NO3S. The Balaban J connectivity index is 1.68. The van der Waals surface area contributed by atoms with Crippen molar-refractivity contribution in [3.05, 3.63) is 99.9 Å². The highest BCUT2D eigenvalue weighted by Crippen LogP contribution is 2.33. The van der Waals surface area contributed by atoms with Gasteiger partial charge < -0.3 is 10.1 Å². The van der Waals surface area contributed by atoms with Gasteiger partial charge in [0, 0.05) is 10.4 Å². The highest BCUT2D eigenvalue weighted by atomic mass is 32.1. The van der Waals surface area contributed by atoms with Crippen molar-refractivity contribution in [1.82, 2.24) is 0 Å². The number of anilines is 1. The molecule has 3 aromatic carbocycles. The molecule has 4 rings (SSSR count). The summed E-state index contributed by atoms with van der Waals surface area (Å²) in [7, 11) is 1.34. The number of nitrogens with one attached hydrogen (secondary N) is 1. The van der Waals surface area contributed by atoms with E-state index in [9.17, 15) is 9.59 Å². The molecular weight excluding hydrogens is 394 g/mol. The number of esters is 1. The van der Waals surface area contributed by atoms with E-state index in [1.807, 2.05) is 18.2 Å². The Morgan fingerprint density at radius 3 is 2.50 bits per heavy atom. The highest BCUT2D eigenvalue weighted by molar-refractivity contribution is 7.21. The first kappa shape index (κ1) is 19.9. The van der Waals surface area contributed by atoms with E-state index in [1.165, 1.54) is 24.0 Å². The van der Waals surface area contributed by atoms with E-state index in [0.29, 0.717) is 22.5 Å². The van der Waals surface area contributed by atoms with Gasteiger partial charge in [0.2, 0.25) is 0 Å². The fourth-order valence-corrected chi connectivity index (χ4v) is 4.51. The second-order valence-corrected chi connectivity index (χ2v) is 8.15. The lowest BCUT2D eigenvalue weighted by Crippen LogP contribution is -2.13. The lowest BCUT2D eigenvalue weighted by molar-refractivity contribution is 0.0600. The molecule has 0 radical (unpaired) electrons. The molecule has 0 aliphatic rings. The fraction of sp³-hybridized carbons (Fsp3) is 0.120. The summed E-state index contributed by atoms with van der Waals surface area (Å²) in [5.74, 6) is -0.617. The molecule has 0 spiro atoms. The summed E-state index contributed by atoms with van der Waals surface area (Å²) in [6.45, 7) is 2.06. The van der Waals surface area contributed by atoms with Gasteiger partial charge in [0.1, 0.15) is 0 Å². The number of carbonyl (C=O) groups excluding carboxylic acids is 2. The SMILES string of the molecule is COC(=O)c1cccc(NC(=O)c2sc3ccccc3c2Cc2ccc(C)cc2)c1. The van der Waals surface area contributed by atoms with Crippen LogP contribution in [-0.2, 0) is 11.2 Å². The average molecular weight is 416 g/mol. The largest absolute Gasteiger partial charge is 0.465 e. The number of aryl methyl sites for hydroxylation is 1. The van der Waals surface area contributed by atoms with E-state index in [2.05, 4.69) is 42.6 Å². The van der Waals surface area contributed by atoms with Crippen molar-refractivity contribution in [2.45, 2.75) is 13.3 Å². The summed E-state index contributed by atoms with van der Waals surface area (Å²) in [6, 6.07) is 23.2. The van der Waals surface area contributed by atoms with Crippen molar-refractivity contribution in [3.63, 3.8) is 0 Å². The average Bonchev–Trinajstić information content (AvgIpc) is 3.13. The lowest BCUT2D eigenvalue weighted by atomic mass is 10.0. The molecule has 0 aliphatic heterocycles. The molecule has 4 nitrogen and oxygen atoms in total. The van der Waals surface area contributed by atoms with E-state index in [4.69, 9.17) is 4.74 Å². The second-order valence-electron chi connectivity index (χ2n) is 7.09. The van der Waals surface area contributed by atoms with Gasteiger partial charge in [0.25, 0.3) is 5.91 Å². The maximum atomic E-state index is 13.2. The summed E-state index contributed by atoms with van der Waals surface area (Å²) in [5.41, 5.74) is 4.33. The summed E-state index contributed by atoms with van der Waals surface area (Å²) in [4.78, 5) is 25.7. The molecule has 1 heterocycles. The number of fused-ring (bicyclic) bond motifs is 1. The monoisotopic (exact) mass is 415 g/mol. The number of thiophene rings is 1. The predicted octanol–water partition coefficient (Wildman–Crippen LogP) is 5.84. The van der Waals surface area contributed by atoms with E-state index in [-0.39, 0.29) is 5.91 Å². The Bertz CT molecular complexity index is 1220. The zero-order valence-corrected chi connectivity index (χ0v) is 17.6. The zero-order chi connectivity index (χ0) is 21.1. The van der Waals surface area contributed by atoms with Crippen LogP contribution in [0.25, 0.3) is 10.1 Å². The molecule has 30 heavy (non-hydrogen) atoms. The Morgan fingerprint density at radius 1 is 0.967 bits per heavy atom. The van der Waals surface area contributed by atoms with Crippen LogP contribution in [0.2, 0.25) is 0 Å². The Morgan fingerprint density at radius 2 is 1.73 bits per heavy atom. The van der Waals surface area contributed by atoms with Gasteiger partial charge in [-0.25, -0.2) is 4.79 Å². The van der Waals surface area contributed by atoms with E-state index < -0.39 is 5.97 Å². The third kappa shape index (κ3) is 4.11. The van der Waals surface area contributed by atoms with Gasteiger partial charge in [-0.1, -0.05) is 54.1 Å². The zero-order valence-electron chi connectivity index (χ0n) is 16.8. The van der Waals surface area contributed by atoms with Crippen LogP contribution in [-0.4, -0.2) is 19.0 Å². The maximum absolute atomic E-state index is 13.2. The normalized spacial score (nSPS) is 10.7. The van der Waals surface area contributed by atoms with E-state index in [0.717, 1.165) is 21.2 Å². The number of carbonyl (C=O) groups is 2. The van der Waals surface area contributed by atoms with Crippen LogP contribution in [0.4, 0.5) is 5.69 Å². The molecule has 0 saturated carbocycles. The number of ether oxygens (including phenoxy) is 1. The molecule has 1 N–H and O–H groups in total. The van der Waals surface area contributed by atoms with Crippen molar-refractivity contribution in [1.29, 1.82) is 0 Å². The number of hydrogen-bond donors (Lipinski definition) is 1. The third-order valence-corrected chi connectivity index (χ3v) is 6.16. The molecule has 1 amide bonds. The van der Waals surface area contributed by atoms with Gasteiger partial charge >= 0.3 is 5.97 Å². The molecule has 0 fully saturated rings. The Hall–Kier alpha value is -3.44. The number of rotatable bonds is 5. The Kier molecular flexibility index (Phi) is 5.63. The lowest BCUT2D eigenvalue weighted by Gasteiger charge is -2.08. The van der Waals surface area contributed by atoms with Crippen molar-refractivity contribution in [3.8, 4) is 0 Å². The smallest absolute Gasteiger partial charge is 0.337 e. The van der Waals surface area contributed by atoms with Crippen LogP contribution in [0.5, 0.6) is 0 Å². The van der Waals surface area contributed by atoms with Crippen LogP contribution in [0.15, 0.2) is 72.8 Å². The molecule has 0 atom stereocenters. The van der Waals surface area contributed by atoms with Gasteiger partial charge in [-0.15, -0.1) is 11.3 Å². The van der Waals surface area contributed by atoms with Crippen molar-refractivity contribution in [2.75, 3.05) is 12.4 Å². The van der Waals surface area contributed by atoms with E-state index in [1.54, 1.807) is 24.3 Å². The number of hydrogen-bond acceptors (Lipinski definition) is 4. The second kappa shape index (κ2) is 8.51. The molecule has 0 bridgehead atoms. The summed E-state index contributed by atoms with van der Waals surface area (Å²) >= 11 is 1.48. The molecule has 0 unspecified atom stereocenters. The van der Waals surface area contributed by atoms with Crippen LogP contribution < -0.4 is 5.32 Å². The minimum Gasteiger partial charge on any atom is -0.465 e. The van der Waals surface area contributed by atoms with Crippen molar-refractivity contribution < 1.29 is 14.3 Å². The predicted molar refractivity (Wildman–Crippen MR) is 122 cm³/mol. The first-order valence-corrected chi connectivity index (χ1v) is 10.4. The molecule has 0 aliphatic carbocycles. The van der Waals surface area contributed by atoms with E-state index >= 15 is 0 Å². The Labute approximate surface area is 179 Å². The quantitative estimate of drug-likeness (QED) is 0.417. The fourth-order valence-electron chi connectivity index (χ4n) is 3.40. The van der Waals surface area contributed by atoms with Gasteiger partial charge in [-0.2, -0.15) is 0 Å². The van der Waals surface area contributed by atoms with Crippen LogP contribution in [0, 0.1) is 6.92 Å². The summed E-state index contributed by atoms with van der Waals surface area (Å²) in [5, 5.41) is 4.03. The first-order chi connectivity index (χ1) is 14.5. The number of amides is 1. The van der Waals surface area contributed by atoms with Crippen molar-refractivity contribution in [2.24, 2.45) is 0 Å². The third-order valence-electron chi connectivity index (χ3n) is 4.95. The van der Waals surface area contributed by atoms with Crippen molar-refractivity contribution >= 4 is 39.0 Å². The van der Waals surface area contributed by atoms with Crippen LogP contribution in [0.1, 0.15) is 36.7 Å². The standard InChI is InChI=1S/C25H21NO3S/c1-16-10-12-17(13-11-16)14-21-20-8-3-4-9-22(20)30-23(21)24(27)26-19-7-5-6-18(15-19)25(28)29-2/h3-13,15H,14H2,1-2H3,(H,26,27). The molecule has 5 heteroatoms. The molecule has 1 aromatic heterocycles. The minimum absolute atomic E-state index is 0.180. The van der Waals surface area contributed by atoms with Gasteiger partial charge in [-0.3, -0.25) is 4.79 Å². The summed E-state index contributed by atoms with van der Waals surface area (Å²) < 4.78 is 5.84. The minimum atomic E-state index is -0.437. The van der Waals surface area contributed by atoms with Gasteiger partial charge in [0.15, 0.2) is 0 Å². The summed E-state index contributed by atoms with van der Waals surface area (Å²) in [6.07, 6.45) is 0.676. The maximum Gasteiger partial charge on any atom is 0.337 e. The molecule has 0 saturated heterocycles. The number of methoxy groups -OCH3 is 1.